The molecule has 0 spiro atoms. The first-order valence-corrected chi connectivity index (χ1v) is 14.4. The predicted molar refractivity (Wildman–Crippen MR) is 134 cm³/mol. The number of aliphatic hydroxyl groups excluding tert-OH is 1. The van der Waals surface area contributed by atoms with Gasteiger partial charge in [0.15, 0.2) is 5.84 Å². The van der Waals surface area contributed by atoms with Gasteiger partial charge >= 0.3 is 7.52 Å². The smallest absolute Gasteiger partial charge is 0.346 e. The summed E-state index contributed by atoms with van der Waals surface area (Å²) in [4.78, 5) is 25.7. The number of anilines is 2. The van der Waals surface area contributed by atoms with Crippen LogP contribution in [0.15, 0.2) is 34.3 Å². The van der Waals surface area contributed by atoms with Crippen LogP contribution in [-0.4, -0.2) is 53.9 Å². The lowest BCUT2D eigenvalue weighted by molar-refractivity contribution is -0.128. The van der Waals surface area contributed by atoms with Crippen LogP contribution in [0.4, 0.5) is 11.4 Å². The molecule has 4 N–H and O–H groups in total. The molecule has 1 aromatic rings. The number of benzene rings is 1. The van der Waals surface area contributed by atoms with Crippen LogP contribution in [0.2, 0.25) is 0 Å². The van der Waals surface area contributed by atoms with Crippen LogP contribution in [0.3, 0.4) is 0 Å². The van der Waals surface area contributed by atoms with E-state index in [0.29, 0.717) is 13.0 Å². The lowest BCUT2D eigenvalue weighted by Crippen LogP contribution is -2.45. The Hall–Kier alpha value is -2.36. The third-order valence-electron chi connectivity index (χ3n) is 5.56. The highest BCUT2D eigenvalue weighted by Crippen LogP contribution is 2.48. The summed E-state index contributed by atoms with van der Waals surface area (Å²) in [5, 5.41) is 13.9. The highest BCUT2D eigenvalue weighted by Gasteiger charge is 2.48. The molecule has 2 heterocycles. The first-order chi connectivity index (χ1) is 15.3. The molecule has 0 bridgehead atoms. The molecule has 2 aliphatic rings. The third kappa shape index (κ3) is 5.47. The van der Waals surface area contributed by atoms with E-state index in [-0.39, 0.29) is 39.3 Å². The van der Waals surface area contributed by atoms with Gasteiger partial charge in [0.25, 0.3) is 5.91 Å². The maximum absolute atomic E-state index is 13.5. The first-order valence-electron chi connectivity index (χ1n) is 10.9. The Morgan fingerprint density at radius 1 is 1.21 bits per heavy atom. The van der Waals surface area contributed by atoms with Crippen LogP contribution in [0.5, 0.6) is 0 Å². The second kappa shape index (κ2) is 8.39. The van der Waals surface area contributed by atoms with Crippen molar-refractivity contribution in [3.05, 3.63) is 29.5 Å². The Morgan fingerprint density at radius 2 is 1.82 bits per heavy atom. The van der Waals surface area contributed by atoms with Gasteiger partial charge in [-0.15, -0.1) is 0 Å². The van der Waals surface area contributed by atoms with E-state index in [0.717, 1.165) is 6.26 Å². The average Bonchev–Trinajstić information content (AvgIpc) is 2.88. The van der Waals surface area contributed by atoms with Crippen molar-refractivity contribution in [2.45, 2.75) is 54.0 Å². The topological polar surface area (TPSA) is 148 Å². The second-order valence-electron chi connectivity index (χ2n) is 11.1. The van der Waals surface area contributed by atoms with E-state index in [1.165, 1.54) is 18.2 Å². The van der Waals surface area contributed by atoms with Crippen molar-refractivity contribution >= 4 is 46.0 Å². The van der Waals surface area contributed by atoms with Gasteiger partial charge in [0, 0.05) is 12.2 Å². The van der Waals surface area contributed by atoms with E-state index in [2.05, 4.69) is 35.6 Å². The van der Waals surface area contributed by atoms with Crippen molar-refractivity contribution in [3.63, 3.8) is 0 Å². The van der Waals surface area contributed by atoms with Gasteiger partial charge in [0.1, 0.15) is 11.3 Å². The van der Waals surface area contributed by atoms with Gasteiger partial charge in [0.05, 0.1) is 23.3 Å². The van der Waals surface area contributed by atoms with Crippen LogP contribution in [-0.2, 0) is 19.4 Å². The number of carbonyl (C=O) groups is 1. The summed E-state index contributed by atoms with van der Waals surface area (Å²) in [5.41, 5.74) is -0.368. The monoisotopic (exact) mass is 512 g/mol. The van der Waals surface area contributed by atoms with Gasteiger partial charge in [-0.3, -0.25) is 14.1 Å². The van der Waals surface area contributed by atoms with Gasteiger partial charge in [-0.05, 0) is 35.4 Å². The van der Waals surface area contributed by atoms with Crippen molar-refractivity contribution < 1.29 is 27.8 Å². The molecule has 0 saturated heterocycles. The van der Waals surface area contributed by atoms with Crippen LogP contribution < -0.4 is 15.3 Å². The standard InChI is InChI=1S/C22H33N4O6PS/c1-21(2,3)10-11-26-18(22(4,5)6)17(27)16(20(26)28)19-23-14-9-8-13(25-34(7,31)32)12-15(14)33(29,30)24-19/h8-9,12,18,25,27H,10-11H2,1-7H3,(H2,23,24,29,30)/t18-/m1/s1. The number of hydrogen-bond donors (Lipinski definition) is 4. The zero-order valence-electron chi connectivity index (χ0n) is 20.5. The number of nitrogens with one attached hydrogen (secondary N) is 2. The maximum Gasteiger partial charge on any atom is 0.346 e. The number of rotatable bonds is 5. The second-order valence-corrected chi connectivity index (χ2v) is 14.6. The molecule has 0 fully saturated rings. The molecular formula is C22H33N4O6PS. The Kier molecular flexibility index (Phi) is 6.48. The van der Waals surface area contributed by atoms with Crippen molar-refractivity contribution in [2.75, 3.05) is 22.8 Å². The maximum atomic E-state index is 13.5. The number of aliphatic hydroxyl groups is 1. The van der Waals surface area contributed by atoms with E-state index in [4.69, 9.17) is 0 Å². The number of amidine groups is 1. The molecule has 0 saturated carbocycles. The Bertz CT molecular complexity index is 1240. The fourth-order valence-corrected chi connectivity index (χ4v) is 5.89. The van der Waals surface area contributed by atoms with Crippen LogP contribution in [0, 0.1) is 10.8 Å². The normalized spacial score (nSPS) is 23.5. The van der Waals surface area contributed by atoms with Crippen LogP contribution in [0.1, 0.15) is 48.0 Å². The molecule has 2 aliphatic heterocycles. The highest BCUT2D eigenvalue weighted by atomic mass is 32.2. The summed E-state index contributed by atoms with van der Waals surface area (Å²) in [6.45, 7) is 12.3. The first kappa shape index (κ1) is 26.2. The molecule has 10 nitrogen and oxygen atoms in total. The quantitative estimate of drug-likeness (QED) is 0.443. The lowest BCUT2D eigenvalue weighted by atomic mass is 9.84. The minimum atomic E-state index is -4.38. The van der Waals surface area contributed by atoms with Crippen molar-refractivity contribution in [1.82, 2.24) is 4.90 Å². The largest absolute Gasteiger partial charge is 0.509 e. The average molecular weight is 513 g/mol. The fraction of sp³-hybridized carbons (Fsp3) is 0.545. The summed E-state index contributed by atoms with van der Waals surface area (Å²) in [6, 6.07) is 3.45. The third-order valence-corrected chi connectivity index (χ3v) is 7.64. The molecule has 34 heavy (non-hydrogen) atoms. The molecule has 0 aromatic heterocycles. The number of hydrogen-bond acceptors (Lipinski definition) is 6. The SMILES string of the molecule is CC(C)(C)CCN1C(=O)C(C2=NP(=O)(O)c3cc(NS(C)(=O)=O)ccc3N2)=C(O)[C@@H]1C(C)(C)C. The summed E-state index contributed by atoms with van der Waals surface area (Å²) < 4.78 is 42.3. The molecule has 1 amide bonds. The minimum absolute atomic E-state index is 0.0425. The van der Waals surface area contributed by atoms with E-state index in [1.807, 2.05) is 20.8 Å². The molecule has 188 valence electrons. The molecule has 0 radical (unpaired) electrons. The van der Waals surface area contributed by atoms with E-state index in [9.17, 15) is 27.8 Å². The molecule has 3 rings (SSSR count). The molecule has 0 aliphatic carbocycles. The van der Waals surface area contributed by atoms with Crippen molar-refractivity contribution in [2.24, 2.45) is 15.6 Å². The number of fused-ring (bicyclic) bond motifs is 1. The van der Waals surface area contributed by atoms with Gasteiger partial charge in [-0.2, -0.15) is 4.76 Å². The zero-order valence-corrected chi connectivity index (χ0v) is 22.2. The van der Waals surface area contributed by atoms with Crippen LogP contribution in [0.25, 0.3) is 0 Å². The molecule has 12 heteroatoms. The summed E-state index contributed by atoms with van der Waals surface area (Å²) in [6.07, 6.45) is 1.67. The predicted octanol–water partition coefficient (Wildman–Crippen LogP) is 3.20. The molecule has 1 aromatic carbocycles. The van der Waals surface area contributed by atoms with E-state index < -0.39 is 34.9 Å². The Labute approximate surface area is 200 Å². The van der Waals surface area contributed by atoms with Gasteiger partial charge in [0.2, 0.25) is 10.0 Å². The number of amides is 1. The van der Waals surface area contributed by atoms with Gasteiger partial charge in [-0.25, -0.2) is 8.42 Å². The summed E-state index contributed by atoms with van der Waals surface area (Å²) >= 11 is 0. The molecular weight excluding hydrogens is 479 g/mol. The van der Waals surface area contributed by atoms with E-state index >= 15 is 0 Å². The van der Waals surface area contributed by atoms with Crippen molar-refractivity contribution in [1.29, 1.82) is 0 Å². The van der Waals surface area contributed by atoms with Crippen molar-refractivity contribution in [3.8, 4) is 0 Å². The van der Waals surface area contributed by atoms with E-state index in [1.54, 1.807) is 4.90 Å². The Morgan fingerprint density at radius 3 is 2.35 bits per heavy atom. The number of nitrogens with zero attached hydrogens (tertiary/aromatic N) is 2. The lowest BCUT2D eigenvalue weighted by Gasteiger charge is -2.36. The Balaban J connectivity index is 2.03. The number of sulfonamides is 1. The number of carbonyl (C=O) groups excluding carboxylic acids is 1. The highest BCUT2D eigenvalue weighted by molar-refractivity contribution is 7.92. The molecule has 1 unspecified atom stereocenters. The summed E-state index contributed by atoms with van der Waals surface area (Å²) in [5.74, 6) is -0.847. The van der Waals surface area contributed by atoms with Gasteiger partial charge < -0.3 is 20.2 Å². The minimum Gasteiger partial charge on any atom is -0.509 e. The fourth-order valence-electron chi connectivity index (χ4n) is 4.05. The van der Waals surface area contributed by atoms with Crippen LogP contribution >= 0.6 is 7.52 Å². The molecule has 2 atom stereocenters. The van der Waals surface area contributed by atoms with Gasteiger partial charge in [-0.1, -0.05) is 41.5 Å². The summed E-state index contributed by atoms with van der Waals surface area (Å²) in [7, 11) is -7.97. The zero-order chi connectivity index (χ0) is 25.9.